The van der Waals surface area contributed by atoms with Gasteiger partial charge in [-0.15, -0.1) is 0 Å². The highest BCUT2D eigenvalue weighted by Gasteiger charge is 2.36. The molecule has 0 bridgehead atoms. The van der Waals surface area contributed by atoms with E-state index < -0.39 is 29.1 Å². The Labute approximate surface area is 166 Å². The Bertz CT molecular complexity index is 953. The number of nitrogens with one attached hydrogen (secondary N) is 1. The van der Waals surface area contributed by atoms with E-state index in [9.17, 15) is 22.8 Å². The Hall–Kier alpha value is -2.78. The molecule has 1 amide bonds. The lowest BCUT2D eigenvalue weighted by Gasteiger charge is -2.29. The molecular formula is C19H25F3N4O3. The number of ether oxygens (including phenoxy) is 1. The molecule has 0 atom stereocenters. The molecule has 0 saturated heterocycles. The first kappa shape index (κ1) is 22.5. The Morgan fingerprint density at radius 1 is 1.17 bits per heavy atom. The lowest BCUT2D eigenvalue weighted by Crippen LogP contribution is -2.48. The van der Waals surface area contributed by atoms with Crippen molar-refractivity contribution in [2.75, 3.05) is 0 Å². The number of aromatic nitrogens is 3. The summed E-state index contributed by atoms with van der Waals surface area (Å²) in [4.78, 5) is 23.7. The largest absolute Gasteiger partial charge is 0.444 e. The van der Waals surface area contributed by atoms with Gasteiger partial charge in [-0.1, -0.05) is 0 Å². The summed E-state index contributed by atoms with van der Waals surface area (Å²) in [6.45, 7) is 8.37. The van der Waals surface area contributed by atoms with Crippen LogP contribution in [-0.2, 0) is 24.5 Å². The molecule has 2 rings (SSSR count). The first-order chi connectivity index (χ1) is 13.1. The number of aryl methyl sites for hydroxylation is 1. The predicted molar refractivity (Wildman–Crippen MR) is 101 cm³/mol. The van der Waals surface area contributed by atoms with Crippen LogP contribution in [-0.4, -0.2) is 31.6 Å². The van der Waals surface area contributed by atoms with Gasteiger partial charge in [-0.25, -0.2) is 4.79 Å². The van der Waals surface area contributed by atoms with Gasteiger partial charge in [0, 0.05) is 24.9 Å². The van der Waals surface area contributed by atoms with Crippen molar-refractivity contribution in [3.05, 3.63) is 40.4 Å². The van der Waals surface area contributed by atoms with Gasteiger partial charge in [0.2, 0.25) is 5.56 Å². The van der Waals surface area contributed by atoms with Gasteiger partial charge in [0.25, 0.3) is 0 Å². The molecule has 0 saturated carbocycles. The molecule has 0 aromatic carbocycles. The van der Waals surface area contributed by atoms with Gasteiger partial charge in [0.05, 0.1) is 17.8 Å². The minimum Gasteiger partial charge on any atom is -0.444 e. The molecule has 0 aliphatic rings. The van der Waals surface area contributed by atoms with E-state index >= 15 is 0 Å². The molecule has 7 nitrogen and oxygen atoms in total. The summed E-state index contributed by atoms with van der Waals surface area (Å²) in [5.74, 6) is 0. The highest BCUT2D eigenvalue weighted by molar-refractivity contribution is 5.68. The standard InChI is InChI=1S/C19H25F3N4O3/c1-17(2,3)29-16(28)23-18(4,5)11-26-13(9-14(24-26)19(20,21)22)12-7-8-15(27)25(6)10-12/h7-10H,11H2,1-6H3,(H,23,28). The normalized spacial score (nSPS) is 12.7. The molecule has 0 fully saturated rings. The number of amides is 1. The zero-order valence-electron chi connectivity index (χ0n) is 17.2. The topological polar surface area (TPSA) is 78.2 Å². The maximum absolute atomic E-state index is 13.2. The number of nitrogens with zero attached hydrogens (tertiary/aromatic N) is 3. The van der Waals surface area contributed by atoms with Crippen LogP contribution in [0.4, 0.5) is 18.0 Å². The molecule has 0 unspecified atom stereocenters. The number of hydrogen-bond donors (Lipinski definition) is 1. The third kappa shape index (κ3) is 6.10. The van der Waals surface area contributed by atoms with E-state index in [-0.39, 0.29) is 17.8 Å². The third-order valence-corrected chi connectivity index (χ3v) is 3.84. The van der Waals surface area contributed by atoms with Crippen LogP contribution in [0, 0.1) is 0 Å². The van der Waals surface area contributed by atoms with Gasteiger partial charge >= 0.3 is 12.3 Å². The molecule has 2 aromatic rings. The summed E-state index contributed by atoms with van der Waals surface area (Å²) in [6.07, 6.45) is -3.89. The van der Waals surface area contributed by atoms with Gasteiger partial charge in [0.1, 0.15) is 5.60 Å². The monoisotopic (exact) mass is 414 g/mol. The molecule has 0 aliphatic heterocycles. The van der Waals surface area contributed by atoms with Gasteiger partial charge < -0.3 is 14.6 Å². The van der Waals surface area contributed by atoms with Crippen molar-refractivity contribution in [2.45, 2.75) is 58.5 Å². The second-order valence-corrected chi connectivity index (χ2v) is 8.45. The number of carbonyl (C=O) groups is 1. The molecule has 0 spiro atoms. The number of pyridine rings is 1. The smallest absolute Gasteiger partial charge is 0.435 e. The first-order valence-electron chi connectivity index (χ1n) is 8.91. The zero-order chi connectivity index (χ0) is 22.2. The third-order valence-electron chi connectivity index (χ3n) is 3.84. The fraction of sp³-hybridized carbons (Fsp3) is 0.526. The summed E-state index contributed by atoms with van der Waals surface area (Å²) in [7, 11) is 1.51. The molecule has 10 heteroatoms. The molecule has 1 N–H and O–H groups in total. The molecule has 0 radical (unpaired) electrons. The van der Waals surface area contributed by atoms with Gasteiger partial charge in [-0.05, 0) is 46.8 Å². The quantitative estimate of drug-likeness (QED) is 0.830. The van der Waals surface area contributed by atoms with Crippen molar-refractivity contribution < 1.29 is 22.7 Å². The van der Waals surface area contributed by atoms with Gasteiger partial charge in [-0.3, -0.25) is 9.48 Å². The maximum atomic E-state index is 13.2. The molecular weight excluding hydrogens is 389 g/mol. The van der Waals surface area contributed by atoms with Crippen molar-refractivity contribution in [3.63, 3.8) is 0 Å². The SMILES string of the molecule is Cn1cc(-c2cc(C(F)(F)F)nn2CC(C)(C)NC(=O)OC(C)(C)C)ccc1=O. The number of rotatable bonds is 4. The number of alkyl carbamates (subject to hydrolysis) is 1. The van der Waals surface area contributed by atoms with Crippen LogP contribution in [0.15, 0.2) is 29.2 Å². The Kier molecular flexibility index (Phi) is 5.87. The summed E-state index contributed by atoms with van der Waals surface area (Å²) >= 11 is 0. The highest BCUT2D eigenvalue weighted by atomic mass is 19.4. The Morgan fingerprint density at radius 3 is 2.31 bits per heavy atom. The van der Waals surface area contributed by atoms with Crippen LogP contribution < -0.4 is 10.9 Å². The van der Waals surface area contributed by atoms with Crippen molar-refractivity contribution in [2.24, 2.45) is 7.05 Å². The van der Waals surface area contributed by atoms with Gasteiger partial charge in [0.15, 0.2) is 5.69 Å². The number of carbonyl (C=O) groups excluding carboxylic acids is 1. The second-order valence-electron chi connectivity index (χ2n) is 8.45. The van der Waals surface area contributed by atoms with E-state index in [1.807, 2.05) is 0 Å². The minimum atomic E-state index is -4.64. The molecule has 0 aliphatic carbocycles. The Morgan fingerprint density at radius 2 is 1.79 bits per heavy atom. The lowest BCUT2D eigenvalue weighted by molar-refractivity contribution is -0.141. The van der Waals surface area contributed by atoms with Crippen molar-refractivity contribution >= 4 is 6.09 Å². The number of halogens is 3. The van der Waals surface area contributed by atoms with Crippen molar-refractivity contribution in [1.82, 2.24) is 19.7 Å². The van der Waals surface area contributed by atoms with Crippen molar-refractivity contribution in [3.8, 4) is 11.3 Å². The number of hydrogen-bond acceptors (Lipinski definition) is 4. The first-order valence-corrected chi connectivity index (χ1v) is 8.91. The van der Waals surface area contributed by atoms with E-state index in [2.05, 4.69) is 10.4 Å². The fourth-order valence-electron chi connectivity index (χ4n) is 2.65. The maximum Gasteiger partial charge on any atom is 0.435 e. The average molecular weight is 414 g/mol. The van der Waals surface area contributed by atoms with Crippen LogP contribution in [0.5, 0.6) is 0 Å². The average Bonchev–Trinajstić information content (AvgIpc) is 2.90. The van der Waals surface area contributed by atoms with Crippen LogP contribution >= 0.6 is 0 Å². The fourth-order valence-corrected chi connectivity index (χ4v) is 2.65. The van der Waals surface area contributed by atoms with E-state index in [0.717, 1.165) is 6.07 Å². The zero-order valence-corrected chi connectivity index (χ0v) is 17.2. The van der Waals surface area contributed by atoms with Crippen LogP contribution in [0.1, 0.15) is 40.3 Å². The Balaban J connectivity index is 2.40. The summed E-state index contributed by atoms with van der Waals surface area (Å²) < 4.78 is 47.4. The predicted octanol–water partition coefficient (Wildman–Crippen LogP) is 3.57. The van der Waals surface area contributed by atoms with Gasteiger partial charge in [-0.2, -0.15) is 18.3 Å². The molecule has 2 heterocycles. The van der Waals surface area contributed by atoms with Crippen LogP contribution in [0.2, 0.25) is 0 Å². The van der Waals surface area contributed by atoms with Crippen molar-refractivity contribution in [1.29, 1.82) is 0 Å². The van der Waals surface area contributed by atoms with Crippen LogP contribution in [0.3, 0.4) is 0 Å². The van der Waals surface area contributed by atoms with E-state index in [1.165, 1.54) is 34.6 Å². The molecule has 2 aromatic heterocycles. The van der Waals surface area contributed by atoms with E-state index in [4.69, 9.17) is 4.74 Å². The van der Waals surface area contributed by atoms with E-state index in [0.29, 0.717) is 5.56 Å². The van der Waals surface area contributed by atoms with Crippen LogP contribution in [0.25, 0.3) is 11.3 Å². The summed E-state index contributed by atoms with van der Waals surface area (Å²) in [5.41, 5.74) is -2.46. The van der Waals surface area contributed by atoms with E-state index in [1.54, 1.807) is 34.6 Å². The summed E-state index contributed by atoms with van der Waals surface area (Å²) in [5, 5.41) is 6.34. The highest BCUT2D eigenvalue weighted by Crippen LogP contribution is 2.32. The lowest BCUT2D eigenvalue weighted by atomic mass is 10.1. The minimum absolute atomic E-state index is 0.0551. The number of alkyl halides is 3. The molecule has 29 heavy (non-hydrogen) atoms. The summed E-state index contributed by atoms with van der Waals surface area (Å²) in [6, 6.07) is 3.62. The molecule has 160 valence electrons. The second kappa shape index (κ2) is 7.57.